The number of nitrogens with one attached hydrogen (secondary N) is 1. The maximum Gasteiger partial charge on any atom is 0.145 e. The number of piperidine rings is 1. The monoisotopic (exact) mass is 265 g/mol. The smallest absolute Gasteiger partial charge is 0.145 e. The standard InChI is InChI=1S/C13H23N5O/c1-10-7-11(17-14)16-12(15-10)8-18-6-4-5-13(2,9-18)19-3/h7H,4-6,8-9,14H2,1-3H3,(H,15,16,17). The summed E-state index contributed by atoms with van der Waals surface area (Å²) in [6.07, 6.45) is 2.24. The maximum atomic E-state index is 5.60. The van der Waals surface area contributed by atoms with Crippen LogP contribution in [0.25, 0.3) is 0 Å². The Bertz CT molecular complexity index is 439. The minimum Gasteiger partial charge on any atom is -0.377 e. The van der Waals surface area contributed by atoms with E-state index >= 15 is 0 Å². The maximum absolute atomic E-state index is 5.60. The molecule has 6 heteroatoms. The number of likely N-dealkylation sites (tertiary alicyclic amines) is 1. The van der Waals surface area contributed by atoms with Gasteiger partial charge in [0.1, 0.15) is 11.6 Å². The summed E-state index contributed by atoms with van der Waals surface area (Å²) < 4.78 is 5.60. The normalized spacial score (nSPS) is 24.4. The molecular formula is C13H23N5O. The first kappa shape index (κ1) is 14.2. The van der Waals surface area contributed by atoms with Gasteiger partial charge in [-0.15, -0.1) is 0 Å². The molecule has 1 aliphatic rings. The number of hydrazine groups is 1. The van der Waals surface area contributed by atoms with E-state index in [1.165, 1.54) is 0 Å². The van der Waals surface area contributed by atoms with E-state index in [9.17, 15) is 0 Å². The lowest BCUT2D eigenvalue weighted by atomic mass is 9.95. The van der Waals surface area contributed by atoms with Crippen LogP contribution in [0.4, 0.5) is 5.82 Å². The van der Waals surface area contributed by atoms with E-state index in [1.54, 1.807) is 7.11 Å². The fourth-order valence-corrected chi connectivity index (χ4v) is 2.58. The Labute approximate surface area is 114 Å². The van der Waals surface area contributed by atoms with Crippen LogP contribution in [0.5, 0.6) is 0 Å². The van der Waals surface area contributed by atoms with Gasteiger partial charge in [-0.2, -0.15) is 0 Å². The fourth-order valence-electron chi connectivity index (χ4n) is 2.58. The Kier molecular flexibility index (Phi) is 4.34. The number of hydrogen-bond acceptors (Lipinski definition) is 6. The summed E-state index contributed by atoms with van der Waals surface area (Å²) >= 11 is 0. The van der Waals surface area contributed by atoms with Gasteiger partial charge in [-0.1, -0.05) is 0 Å². The van der Waals surface area contributed by atoms with Crippen LogP contribution >= 0.6 is 0 Å². The van der Waals surface area contributed by atoms with Gasteiger partial charge in [0.2, 0.25) is 0 Å². The van der Waals surface area contributed by atoms with E-state index in [-0.39, 0.29) is 5.60 Å². The molecule has 0 radical (unpaired) electrons. The van der Waals surface area contributed by atoms with E-state index in [0.717, 1.165) is 44.0 Å². The molecule has 3 N–H and O–H groups in total. The first-order valence-corrected chi connectivity index (χ1v) is 6.63. The van der Waals surface area contributed by atoms with Crippen molar-refractivity contribution in [2.24, 2.45) is 5.84 Å². The summed E-state index contributed by atoms with van der Waals surface area (Å²) in [4.78, 5) is 11.2. The molecule has 19 heavy (non-hydrogen) atoms. The number of nitrogens with two attached hydrogens (primary N) is 1. The predicted molar refractivity (Wildman–Crippen MR) is 74.5 cm³/mol. The van der Waals surface area contributed by atoms with Crippen LogP contribution < -0.4 is 11.3 Å². The number of hydrogen-bond donors (Lipinski definition) is 2. The molecule has 1 atom stereocenters. The number of methoxy groups -OCH3 is 1. The summed E-state index contributed by atoms with van der Waals surface area (Å²) in [6.45, 7) is 6.80. The van der Waals surface area contributed by atoms with E-state index in [4.69, 9.17) is 10.6 Å². The predicted octanol–water partition coefficient (Wildman–Crippen LogP) is 1.07. The Morgan fingerprint density at radius 2 is 2.32 bits per heavy atom. The van der Waals surface area contributed by atoms with Crippen LogP contribution in [0, 0.1) is 6.92 Å². The number of anilines is 1. The quantitative estimate of drug-likeness (QED) is 0.626. The number of nitrogen functional groups attached to an aromatic ring is 1. The third kappa shape index (κ3) is 3.62. The number of ether oxygens (including phenoxy) is 1. The van der Waals surface area contributed by atoms with Crippen molar-refractivity contribution in [3.8, 4) is 0 Å². The summed E-state index contributed by atoms with van der Waals surface area (Å²) in [6, 6.07) is 1.83. The number of nitrogens with zero attached hydrogens (tertiary/aromatic N) is 3. The zero-order chi connectivity index (χ0) is 13.9. The summed E-state index contributed by atoms with van der Waals surface area (Å²) in [5, 5.41) is 0. The van der Waals surface area contributed by atoms with Gasteiger partial charge in [0, 0.05) is 25.4 Å². The van der Waals surface area contributed by atoms with Crippen molar-refractivity contribution >= 4 is 5.82 Å². The molecule has 1 aliphatic heterocycles. The molecule has 0 aliphatic carbocycles. The van der Waals surface area contributed by atoms with Gasteiger partial charge in [0.25, 0.3) is 0 Å². The van der Waals surface area contributed by atoms with Gasteiger partial charge in [0.05, 0.1) is 12.1 Å². The molecule has 1 unspecified atom stereocenters. The second-order valence-electron chi connectivity index (χ2n) is 5.42. The molecule has 106 valence electrons. The van der Waals surface area contributed by atoms with Crippen LogP contribution in [-0.2, 0) is 11.3 Å². The second-order valence-corrected chi connectivity index (χ2v) is 5.42. The van der Waals surface area contributed by atoms with Gasteiger partial charge >= 0.3 is 0 Å². The molecule has 6 nitrogen and oxygen atoms in total. The van der Waals surface area contributed by atoms with Crippen molar-refractivity contribution < 1.29 is 4.74 Å². The zero-order valence-electron chi connectivity index (χ0n) is 11.9. The molecule has 0 amide bonds. The highest BCUT2D eigenvalue weighted by molar-refractivity contribution is 5.33. The molecule has 0 aromatic carbocycles. The third-order valence-corrected chi connectivity index (χ3v) is 3.64. The molecule has 1 fully saturated rings. The van der Waals surface area contributed by atoms with Crippen molar-refractivity contribution in [1.82, 2.24) is 14.9 Å². The summed E-state index contributed by atoms with van der Waals surface area (Å²) in [5.74, 6) is 6.87. The molecule has 1 aromatic heterocycles. The molecule has 1 aromatic rings. The van der Waals surface area contributed by atoms with Gasteiger partial charge in [-0.25, -0.2) is 15.8 Å². The summed E-state index contributed by atoms with van der Waals surface area (Å²) in [7, 11) is 1.78. The molecule has 0 spiro atoms. The van der Waals surface area contributed by atoms with Crippen molar-refractivity contribution in [1.29, 1.82) is 0 Å². The molecule has 2 heterocycles. The van der Waals surface area contributed by atoms with Crippen LogP contribution in [0.15, 0.2) is 6.07 Å². The lowest BCUT2D eigenvalue weighted by Gasteiger charge is -2.39. The highest BCUT2D eigenvalue weighted by atomic mass is 16.5. The molecule has 2 rings (SSSR count). The summed E-state index contributed by atoms with van der Waals surface area (Å²) in [5.41, 5.74) is 3.44. The average molecular weight is 265 g/mol. The molecule has 1 saturated heterocycles. The lowest BCUT2D eigenvalue weighted by molar-refractivity contribution is -0.0532. The lowest BCUT2D eigenvalue weighted by Crippen LogP contribution is -2.47. The van der Waals surface area contributed by atoms with Crippen LogP contribution in [0.2, 0.25) is 0 Å². The van der Waals surface area contributed by atoms with E-state index < -0.39 is 0 Å². The molecular weight excluding hydrogens is 242 g/mol. The minimum atomic E-state index is -0.0585. The average Bonchev–Trinajstić information content (AvgIpc) is 2.38. The van der Waals surface area contributed by atoms with Crippen LogP contribution in [0.1, 0.15) is 31.3 Å². The highest BCUT2D eigenvalue weighted by Gasteiger charge is 2.30. The van der Waals surface area contributed by atoms with Crippen LogP contribution in [-0.4, -0.2) is 40.7 Å². The first-order valence-electron chi connectivity index (χ1n) is 6.63. The van der Waals surface area contributed by atoms with Gasteiger partial charge in [-0.05, 0) is 33.2 Å². The highest BCUT2D eigenvalue weighted by Crippen LogP contribution is 2.24. The van der Waals surface area contributed by atoms with Crippen molar-refractivity contribution in [2.45, 2.75) is 38.8 Å². The third-order valence-electron chi connectivity index (χ3n) is 3.64. The van der Waals surface area contributed by atoms with Crippen molar-refractivity contribution in [3.63, 3.8) is 0 Å². The molecule has 0 saturated carbocycles. The SMILES string of the molecule is COC1(C)CCCN(Cc2nc(C)cc(NN)n2)C1. The Morgan fingerprint density at radius 3 is 3.00 bits per heavy atom. The number of aromatic nitrogens is 2. The van der Waals surface area contributed by atoms with Crippen molar-refractivity contribution in [2.75, 3.05) is 25.6 Å². The van der Waals surface area contributed by atoms with Gasteiger partial charge in [-0.3, -0.25) is 4.90 Å². The van der Waals surface area contributed by atoms with Crippen LogP contribution in [0.3, 0.4) is 0 Å². The van der Waals surface area contributed by atoms with Gasteiger partial charge < -0.3 is 10.2 Å². The Balaban J connectivity index is 2.06. The van der Waals surface area contributed by atoms with Gasteiger partial charge in [0.15, 0.2) is 0 Å². The Morgan fingerprint density at radius 1 is 1.53 bits per heavy atom. The Hall–Kier alpha value is -1.24. The van der Waals surface area contributed by atoms with Crippen molar-refractivity contribution in [3.05, 3.63) is 17.6 Å². The zero-order valence-corrected chi connectivity index (χ0v) is 11.9. The van der Waals surface area contributed by atoms with E-state index in [2.05, 4.69) is 27.2 Å². The minimum absolute atomic E-state index is 0.0585. The molecule has 0 bridgehead atoms. The topological polar surface area (TPSA) is 76.3 Å². The number of aryl methyl sites for hydroxylation is 1. The number of rotatable bonds is 4. The van der Waals surface area contributed by atoms with E-state index in [1.807, 2.05) is 13.0 Å². The second kappa shape index (κ2) is 5.81. The van der Waals surface area contributed by atoms with E-state index in [0.29, 0.717) is 5.82 Å². The largest absolute Gasteiger partial charge is 0.377 e. The first-order chi connectivity index (χ1) is 9.04. The fraction of sp³-hybridized carbons (Fsp3) is 0.692.